The number of nitrogens with two attached hydrogens (primary N) is 1. The average molecular weight is 226 g/mol. The van der Waals surface area contributed by atoms with Crippen LogP contribution in [0, 0.1) is 0 Å². The molecule has 0 radical (unpaired) electrons. The first-order valence-corrected chi connectivity index (χ1v) is 5.79. The molecule has 0 fully saturated rings. The van der Waals surface area contributed by atoms with Gasteiger partial charge in [-0.05, 0) is 25.3 Å². The van der Waals surface area contributed by atoms with Crippen LogP contribution < -0.4 is 11.3 Å². The molecule has 0 atom stereocenters. The third kappa shape index (κ3) is 3.21. The van der Waals surface area contributed by atoms with Gasteiger partial charge in [0.1, 0.15) is 0 Å². The van der Waals surface area contributed by atoms with E-state index in [4.69, 9.17) is 5.84 Å². The van der Waals surface area contributed by atoms with Crippen LogP contribution in [0.2, 0.25) is 0 Å². The summed E-state index contributed by atoms with van der Waals surface area (Å²) in [5.74, 6) is 6.15. The van der Waals surface area contributed by atoms with Crippen molar-refractivity contribution in [1.29, 1.82) is 0 Å². The molecule has 1 heterocycles. The normalized spacial score (nSPS) is 11.9. The molecule has 0 bridgehead atoms. The van der Waals surface area contributed by atoms with Crippen molar-refractivity contribution in [2.24, 2.45) is 10.8 Å². The lowest BCUT2D eigenvalue weighted by molar-refractivity contribution is 0.333. The largest absolute Gasteiger partial charge is 0.334 e. The van der Waals surface area contributed by atoms with Crippen LogP contribution in [0.1, 0.15) is 18.7 Å². The molecule has 0 saturated carbocycles. The average Bonchev–Trinajstić information content (AvgIpc) is 2.70. The molecule has 1 aromatic heterocycles. The lowest BCUT2D eigenvalue weighted by Gasteiger charge is -2.28. The van der Waals surface area contributed by atoms with Crippen LogP contribution in [0.25, 0.3) is 0 Å². The zero-order chi connectivity index (χ0) is 11.3. The highest BCUT2D eigenvalue weighted by Crippen LogP contribution is 2.13. The number of aliphatic imine (C=N–C) groups is 1. The molecule has 0 aliphatic carbocycles. The standard InChI is InChI=1S/C10H18N4S/c1-8(2)14(10(12-3)13-11)7-9-5-4-6-15-9/h4-6,8H,7,11H2,1-3H3,(H,12,13). The van der Waals surface area contributed by atoms with Crippen molar-refractivity contribution in [3.05, 3.63) is 22.4 Å². The molecule has 0 aliphatic rings. The Bertz CT molecular complexity index is 305. The first kappa shape index (κ1) is 12.0. The molecule has 0 saturated heterocycles. The summed E-state index contributed by atoms with van der Waals surface area (Å²) in [6.45, 7) is 5.08. The van der Waals surface area contributed by atoms with E-state index in [0.717, 1.165) is 12.5 Å². The molecule has 1 aromatic rings. The number of thiophene rings is 1. The number of nitrogens with one attached hydrogen (secondary N) is 1. The Hall–Kier alpha value is -1.07. The van der Waals surface area contributed by atoms with E-state index in [2.05, 4.69) is 46.7 Å². The van der Waals surface area contributed by atoms with Gasteiger partial charge in [-0.25, -0.2) is 5.84 Å². The quantitative estimate of drug-likeness (QED) is 0.354. The summed E-state index contributed by atoms with van der Waals surface area (Å²) in [5, 5.41) is 2.08. The molecule has 0 spiro atoms. The van der Waals surface area contributed by atoms with E-state index >= 15 is 0 Å². The molecule has 84 valence electrons. The summed E-state index contributed by atoms with van der Waals surface area (Å²) < 4.78 is 0. The Kier molecular flexibility index (Phi) is 4.58. The number of hydrogen-bond acceptors (Lipinski definition) is 3. The van der Waals surface area contributed by atoms with E-state index in [1.165, 1.54) is 4.88 Å². The maximum Gasteiger partial charge on any atom is 0.208 e. The van der Waals surface area contributed by atoms with Gasteiger partial charge in [0, 0.05) is 18.0 Å². The zero-order valence-electron chi connectivity index (χ0n) is 9.40. The Morgan fingerprint density at radius 3 is 2.80 bits per heavy atom. The molecule has 0 amide bonds. The second-order valence-electron chi connectivity index (χ2n) is 3.49. The summed E-state index contributed by atoms with van der Waals surface area (Å²) in [4.78, 5) is 7.56. The number of nitrogens with zero attached hydrogens (tertiary/aromatic N) is 2. The van der Waals surface area contributed by atoms with E-state index in [1.54, 1.807) is 18.4 Å². The van der Waals surface area contributed by atoms with Crippen molar-refractivity contribution >= 4 is 17.3 Å². The summed E-state index contributed by atoms with van der Waals surface area (Å²) in [6, 6.07) is 4.53. The predicted octanol–water partition coefficient (Wildman–Crippen LogP) is 1.41. The molecule has 0 unspecified atom stereocenters. The van der Waals surface area contributed by atoms with Crippen molar-refractivity contribution in [3.63, 3.8) is 0 Å². The molecule has 0 aromatic carbocycles. The Labute approximate surface area is 94.8 Å². The summed E-state index contributed by atoms with van der Waals surface area (Å²) in [7, 11) is 1.74. The van der Waals surface area contributed by atoms with Crippen molar-refractivity contribution in [1.82, 2.24) is 10.3 Å². The summed E-state index contributed by atoms with van der Waals surface area (Å²) >= 11 is 1.74. The van der Waals surface area contributed by atoms with E-state index in [-0.39, 0.29) is 0 Å². The van der Waals surface area contributed by atoms with E-state index in [9.17, 15) is 0 Å². The minimum Gasteiger partial charge on any atom is -0.334 e. The molecule has 1 rings (SSSR count). The molecule has 15 heavy (non-hydrogen) atoms. The summed E-state index contributed by atoms with van der Waals surface area (Å²) in [5.41, 5.74) is 2.63. The topological polar surface area (TPSA) is 53.6 Å². The number of rotatable bonds is 3. The highest BCUT2D eigenvalue weighted by Gasteiger charge is 2.14. The second-order valence-corrected chi connectivity index (χ2v) is 4.52. The second kappa shape index (κ2) is 5.72. The summed E-state index contributed by atoms with van der Waals surface area (Å²) in [6.07, 6.45) is 0. The lowest BCUT2D eigenvalue weighted by atomic mass is 10.3. The van der Waals surface area contributed by atoms with Gasteiger partial charge in [-0.3, -0.25) is 10.4 Å². The lowest BCUT2D eigenvalue weighted by Crippen LogP contribution is -2.47. The minimum atomic E-state index is 0.363. The van der Waals surface area contributed by atoms with Crippen LogP contribution in [0.4, 0.5) is 0 Å². The molecule has 0 aliphatic heterocycles. The fourth-order valence-electron chi connectivity index (χ4n) is 1.35. The highest BCUT2D eigenvalue weighted by molar-refractivity contribution is 7.09. The van der Waals surface area contributed by atoms with Gasteiger partial charge in [0.2, 0.25) is 5.96 Å². The maximum atomic E-state index is 5.43. The van der Waals surface area contributed by atoms with Crippen LogP contribution in [-0.4, -0.2) is 23.9 Å². The molecular formula is C10H18N4S. The van der Waals surface area contributed by atoms with Crippen molar-refractivity contribution in [3.8, 4) is 0 Å². The first-order chi connectivity index (χ1) is 7.19. The smallest absolute Gasteiger partial charge is 0.208 e. The Balaban J connectivity index is 2.75. The predicted molar refractivity (Wildman–Crippen MR) is 65.7 cm³/mol. The molecule has 5 heteroatoms. The zero-order valence-corrected chi connectivity index (χ0v) is 10.2. The fourth-order valence-corrected chi connectivity index (χ4v) is 2.05. The minimum absolute atomic E-state index is 0.363. The Morgan fingerprint density at radius 1 is 1.67 bits per heavy atom. The number of guanidine groups is 1. The molecular weight excluding hydrogens is 208 g/mol. The van der Waals surface area contributed by atoms with E-state index in [1.807, 2.05) is 0 Å². The van der Waals surface area contributed by atoms with Crippen molar-refractivity contribution in [2.75, 3.05) is 7.05 Å². The number of hydrazine groups is 1. The van der Waals surface area contributed by atoms with Gasteiger partial charge >= 0.3 is 0 Å². The van der Waals surface area contributed by atoms with Crippen LogP contribution in [-0.2, 0) is 6.54 Å². The van der Waals surface area contributed by atoms with Crippen LogP contribution in [0.15, 0.2) is 22.5 Å². The van der Waals surface area contributed by atoms with Gasteiger partial charge in [-0.2, -0.15) is 0 Å². The fraction of sp³-hybridized carbons (Fsp3) is 0.500. The molecule has 4 nitrogen and oxygen atoms in total. The van der Waals surface area contributed by atoms with Gasteiger partial charge in [-0.15, -0.1) is 11.3 Å². The Morgan fingerprint density at radius 2 is 2.40 bits per heavy atom. The highest BCUT2D eigenvalue weighted by atomic mass is 32.1. The van der Waals surface area contributed by atoms with Crippen molar-refractivity contribution in [2.45, 2.75) is 26.4 Å². The van der Waals surface area contributed by atoms with Gasteiger partial charge in [0.15, 0.2) is 0 Å². The maximum absolute atomic E-state index is 5.43. The van der Waals surface area contributed by atoms with Gasteiger partial charge in [0.05, 0.1) is 6.54 Å². The monoisotopic (exact) mass is 226 g/mol. The van der Waals surface area contributed by atoms with Crippen molar-refractivity contribution < 1.29 is 0 Å². The van der Waals surface area contributed by atoms with Crippen LogP contribution >= 0.6 is 11.3 Å². The molecule has 3 N–H and O–H groups in total. The van der Waals surface area contributed by atoms with Gasteiger partial charge < -0.3 is 4.90 Å². The third-order valence-corrected chi connectivity index (χ3v) is 3.00. The van der Waals surface area contributed by atoms with E-state index in [0.29, 0.717) is 6.04 Å². The first-order valence-electron chi connectivity index (χ1n) is 4.91. The van der Waals surface area contributed by atoms with Gasteiger partial charge in [0.25, 0.3) is 0 Å². The van der Waals surface area contributed by atoms with E-state index < -0.39 is 0 Å². The van der Waals surface area contributed by atoms with Crippen LogP contribution in [0.5, 0.6) is 0 Å². The number of hydrogen-bond donors (Lipinski definition) is 2. The van der Waals surface area contributed by atoms with Crippen LogP contribution in [0.3, 0.4) is 0 Å². The third-order valence-electron chi connectivity index (χ3n) is 2.14. The van der Waals surface area contributed by atoms with Gasteiger partial charge in [-0.1, -0.05) is 6.07 Å². The SMILES string of the molecule is CN=C(NN)N(Cc1cccs1)C(C)C.